The first kappa shape index (κ1) is 15.0. The fraction of sp³-hybridized carbons (Fsp3) is 1.00. The lowest BCUT2D eigenvalue weighted by atomic mass is 10.1. The molecule has 0 aliphatic heterocycles. The highest BCUT2D eigenvalue weighted by molar-refractivity contribution is 4.80. The number of rotatable bonds is 10. The molecule has 1 fully saturated rings. The maximum Gasteiger partial charge on any atom is 0.00965 e. The van der Waals surface area contributed by atoms with Crippen molar-refractivity contribution in [2.45, 2.75) is 83.7 Å². The Balaban J connectivity index is 1.69. The van der Waals surface area contributed by atoms with Gasteiger partial charge in [-0.15, -0.1) is 0 Å². The first-order valence-corrected chi connectivity index (χ1v) is 7.56. The second-order valence-corrected chi connectivity index (χ2v) is 6.53. The summed E-state index contributed by atoms with van der Waals surface area (Å²) in [4.78, 5) is 0. The summed E-state index contributed by atoms with van der Waals surface area (Å²) < 4.78 is 0. The van der Waals surface area contributed by atoms with Gasteiger partial charge in [0.2, 0.25) is 0 Å². The lowest BCUT2D eigenvalue weighted by molar-refractivity contribution is 0.415. The highest BCUT2D eigenvalue weighted by Crippen LogP contribution is 2.18. The molecule has 1 rings (SSSR count). The molecule has 0 aromatic heterocycles. The van der Waals surface area contributed by atoms with Crippen LogP contribution in [0.1, 0.15) is 72.1 Å². The normalized spacial score (nSPS) is 16.4. The Hall–Kier alpha value is -0.0800. The van der Waals surface area contributed by atoms with Crippen LogP contribution in [0, 0.1) is 0 Å². The number of hydrogen-bond donors (Lipinski definition) is 2. The molecule has 0 spiro atoms. The maximum atomic E-state index is 3.57. The number of unbranched alkanes of at least 4 members (excludes halogenated alkanes) is 5. The van der Waals surface area contributed by atoms with Gasteiger partial charge >= 0.3 is 0 Å². The molecule has 102 valence electrons. The molecule has 0 heterocycles. The topological polar surface area (TPSA) is 24.1 Å². The van der Waals surface area contributed by atoms with E-state index in [-0.39, 0.29) is 5.54 Å². The van der Waals surface area contributed by atoms with E-state index in [2.05, 4.69) is 31.4 Å². The van der Waals surface area contributed by atoms with Crippen LogP contribution in [0.5, 0.6) is 0 Å². The van der Waals surface area contributed by atoms with Gasteiger partial charge in [-0.05, 0) is 59.5 Å². The Labute approximate surface area is 108 Å². The van der Waals surface area contributed by atoms with Crippen molar-refractivity contribution in [3.05, 3.63) is 0 Å². The summed E-state index contributed by atoms with van der Waals surface area (Å²) in [6.45, 7) is 9.13. The van der Waals surface area contributed by atoms with Gasteiger partial charge in [0, 0.05) is 11.6 Å². The predicted octanol–water partition coefficient (Wildman–Crippen LogP) is 3.47. The van der Waals surface area contributed by atoms with Gasteiger partial charge in [-0.3, -0.25) is 0 Å². The van der Waals surface area contributed by atoms with Crippen LogP contribution in [-0.4, -0.2) is 24.7 Å². The minimum Gasteiger partial charge on any atom is -0.314 e. The lowest BCUT2D eigenvalue weighted by Gasteiger charge is -2.20. The van der Waals surface area contributed by atoms with Crippen LogP contribution < -0.4 is 10.6 Å². The second kappa shape index (κ2) is 8.10. The molecule has 0 bridgehead atoms. The van der Waals surface area contributed by atoms with Gasteiger partial charge < -0.3 is 10.6 Å². The second-order valence-electron chi connectivity index (χ2n) is 6.53. The van der Waals surface area contributed by atoms with Gasteiger partial charge in [-0.2, -0.15) is 0 Å². The van der Waals surface area contributed by atoms with Crippen molar-refractivity contribution in [3.8, 4) is 0 Å². The molecular formula is C15H32N2. The summed E-state index contributed by atoms with van der Waals surface area (Å²) >= 11 is 0. The molecular weight excluding hydrogens is 208 g/mol. The molecule has 2 N–H and O–H groups in total. The summed E-state index contributed by atoms with van der Waals surface area (Å²) in [5.41, 5.74) is 0.286. The zero-order chi connectivity index (χ0) is 12.6. The van der Waals surface area contributed by atoms with Crippen molar-refractivity contribution in [1.29, 1.82) is 0 Å². The van der Waals surface area contributed by atoms with E-state index in [1.54, 1.807) is 0 Å². The number of hydrogen-bond acceptors (Lipinski definition) is 2. The monoisotopic (exact) mass is 240 g/mol. The Kier molecular flexibility index (Phi) is 7.14. The Morgan fingerprint density at radius 3 is 1.88 bits per heavy atom. The molecule has 2 nitrogen and oxygen atoms in total. The van der Waals surface area contributed by atoms with Crippen molar-refractivity contribution >= 4 is 0 Å². The van der Waals surface area contributed by atoms with Crippen LogP contribution in [0.4, 0.5) is 0 Å². The van der Waals surface area contributed by atoms with E-state index in [0.29, 0.717) is 0 Å². The van der Waals surface area contributed by atoms with Gasteiger partial charge in [-0.25, -0.2) is 0 Å². The summed E-state index contributed by atoms with van der Waals surface area (Å²) in [6, 6.07) is 0.887. The summed E-state index contributed by atoms with van der Waals surface area (Å²) in [7, 11) is 0. The molecule has 0 saturated heterocycles. The smallest absolute Gasteiger partial charge is 0.00965 e. The van der Waals surface area contributed by atoms with Gasteiger partial charge in [0.05, 0.1) is 0 Å². The lowest BCUT2D eigenvalue weighted by Crippen LogP contribution is -2.36. The average molecular weight is 240 g/mol. The van der Waals surface area contributed by atoms with Gasteiger partial charge in [0.1, 0.15) is 0 Å². The zero-order valence-electron chi connectivity index (χ0n) is 12.1. The zero-order valence-corrected chi connectivity index (χ0v) is 12.1. The van der Waals surface area contributed by atoms with Crippen LogP contribution in [0.25, 0.3) is 0 Å². The van der Waals surface area contributed by atoms with E-state index in [1.807, 2.05) is 0 Å². The molecule has 1 saturated carbocycles. The molecule has 0 radical (unpaired) electrons. The van der Waals surface area contributed by atoms with Gasteiger partial charge in [-0.1, -0.05) is 25.7 Å². The quantitative estimate of drug-likeness (QED) is 0.571. The maximum absolute atomic E-state index is 3.57. The van der Waals surface area contributed by atoms with Crippen molar-refractivity contribution in [2.24, 2.45) is 0 Å². The van der Waals surface area contributed by atoms with E-state index in [0.717, 1.165) is 6.04 Å². The van der Waals surface area contributed by atoms with Crippen LogP contribution >= 0.6 is 0 Å². The van der Waals surface area contributed by atoms with Crippen LogP contribution in [0.2, 0.25) is 0 Å². The molecule has 0 aromatic carbocycles. The van der Waals surface area contributed by atoms with E-state index in [4.69, 9.17) is 0 Å². The molecule has 1 aliphatic rings. The number of nitrogens with one attached hydrogen (secondary N) is 2. The van der Waals surface area contributed by atoms with Crippen LogP contribution in [-0.2, 0) is 0 Å². The summed E-state index contributed by atoms with van der Waals surface area (Å²) in [5, 5.41) is 7.12. The molecule has 0 unspecified atom stereocenters. The van der Waals surface area contributed by atoms with E-state index in [1.165, 1.54) is 64.5 Å². The minimum absolute atomic E-state index is 0.286. The minimum atomic E-state index is 0.286. The van der Waals surface area contributed by atoms with E-state index in [9.17, 15) is 0 Å². The first-order valence-electron chi connectivity index (χ1n) is 7.56. The third-order valence-electron chi connectivity index (χ3n) is 3.27. The SMILES string of the molecule is CC(C)(C)NCCCCCCCCNC1CC1. The predicted molar refractivity (Wildman–Crippen MR) is 76.5 cm³/mol. The highest BCUT2D eigenvalue weighted by Gasteiger charge is 2.19. The Morgan fingerprint density at radius 1 is 0.824 bits per heavy atom. The highest BCUT2D eigenvalue weighted by atomic mass is 14.9. The average Bonchev–Trinajstić information content (AvgIpc) is 3.03. The van der Waals surface area contributed by atoms with Crippen LogP contribution in [0.15, 0.2) is 0 Å². The van der Waals surface area contributed by atoms with Crippen LogP contribution in [0.3, 0.4) is 0 Å². The van der Waals surface area contributed by atoms with Crippen molar-refractivity contribution < 1.29 is 0 Å². The third kappa shape index (κ3) is 10.8. The molecule has 1 aliphatic carbocycles. The molecule has 0 amide bonds. The fourth-order valence-corrected chi connectivity index (χ4v) is 2.01. The first-order chi connectivity index (χ1) is 8.08. The van der Waals surface area contributed by atoms with Gasteiger partial charge in [0.25, 0.3) is 0 Å². The molecule has 0 aromatic rings. The Morgan fingerprint density at radius 2 is 1.35 bits per heavy atom. The molecule has 17 heavy (non-hydrogen) atoms. The van der Waals surface area contributed by atoms with E-state index < -0.39 is 0 Å². The summed E-state index contributed by atoms with van der Waals surface area (Å²) in [6.07, 6.45) is 11.2. The van der Waals surface area contributed by atoms with Crippen molar-refractivity contribution in [3.63, 3.8) is 0 Å². The third-order valence-corrected chi connectivity index (χ3v) is 3.27. The van der Waals surface area contributed by atoms with Crippen molar-refractivity contribution in [1.82, 2.24) is 10.6 Å². The standard InChI is InChI=1S/C15H32N2/c1-15(2,3)17-13-9-7-5-4-6-8-12-16-14-10-11-14/h14,16-17H,4-13H2,1-3H3. The molecule has 0 atom stereocenters. The largest absolute Gasteiger partial charge is 0.314 e. The van der Waals surface area contributed by atoms with Gasteiger partial charge in [0.15, 0.2) is 0 Å². The fourth-order valence-electron chi connectivity index (χ4n) is 2.01. The van der Waals surface area contributed by atoms with Crippen molar-refractivity contribution in [2.75, 3.05) is 13.1 Å². The van der Waals surface area contributed by atoms with E-state index >= 15 is 0 Å². The Bertz CT molecular complexity index is 180. The molecule has 2 heteroatoms. The summed E-state index contributed by atoms with van der Waals surface area (Å²) in [5.74, 6) is 0.